The smallest absolute Gasteiger partial charge is 0.237 e. The van der Waals surface area contributed by atoms with E-state index in [1.54, 1.807) is 6.20 Å². The summed E-state index contributed by atoms with van der Waals surface area (Å²) in [5.74, 6) is 1.67. The van der Waals surface area contributed by atoms with Crippen LogP contribution in [0.15, 0.2) is 53.6 Å². The maximum Gasteiger partial charge on any atom is 0.237 e. The van der Waals surface area contributed by atoms with Crippen molar-refractivity contribution in [2.24, 2.45) is 0 Å². The highest BCUT2D eigenvalue weighted by Gasteiger charge is 2.05. The van der Waals surface area contributed by atoms with Gasteiger partial charge in [-0.05, 0) is 38.1 Å². The Morgan fingerprint density at radius 3 is 2.70 bits per heavy atom. The summed E-state index contributed by atoms with van der Waals surface area (Å²) in [6, 6.07) is 14.3. The molecule has 0 aliphatic carbocycles. The summed E-state index contributed by atoms with van der Waals surface area (Å²) in [7, 11) is 0. The van der Waals surface area contributed by atoms with Gasteiger partial charge in [0, 0.05) is 23.4 Å². The third kappa shape index (κ3) is 4.78. The summed E-state index contributed by atoms with van der Waals surface area (Å²) in [5.41, 5.74) is 0.954. The van der Waals surface area contributed by atoms with Crippen LogP contribution in [0.1, 0.15) is 13.8 Å². The number of hydrogen-bond donors (Lipinski definition) is 1. The van der Waals surface area contributed by atoms with Gasteiger partial charge in [-0.1, -0.05) is 18.2 Å². The van der Waals surface area contributed by atoms with Crippen molar-refractivity contribution in [2.75, 3.05) is 17.6 Å². The summed E-state index contributed by atoms with van der Waals surface area (Å²) >= 11 is 1.84. The van der Waals surface area contributed by atoms with Gasteiger partial charge in [0.15, 0.2) is 0 Å². The predicted octanol–water partition coefficient (Wildman–Crippen LogP) is 4.07. The molecule has 0 saturated heterocycles. The largest absolute Gasteiger partial charge is 0.473 e. The monoisotopic (exact) mass is 288 g/mol. The van der Waals surface area contributed by atoms with Gasteiger partial charge in [0.05, 0.1) is 11.8 Å². The minimum Gasteiger partial charge on any atom is -0.473 e. The molecule has 1 aromatic carbocycles. The van der Waals surface area contributed by atoms with Gasteiger partial charge in [0.1, 0.15) is 0 Å². The van der Waals surface area contributed by atoms with Gasteiger partial charge in [0.25, 0.3) is 0 Å². The zero-order valence-electron chi connectivity index (χ0n) is 11.9. The van der Waals surface area contributed by atoms with Crippen molar-refractivity contribution in [3.8, 4) is 5.88 Å². The van der Waals surface area contributed by atoms with Crippen molar-refractivity contribution in [2.45, 2.75) is 24.8 Å². The SMILES string of the molecule is CC(C)Oc1ncccc1NCCSc1ccccc1. The molecule has 20 heavy (non-hydrogen) atoms. The van der Waals surface area contributed by atoms with Gasteiger partial charge >= 0.3 is 0 Å². The number of anilines is 1. The van der Waals surface area contributed by atoms with Crippen LogP contribution < -0.4 is 10.1 Å². The van der Waals surface area contributed by atoms with E-state index in [9.17, 15) is 0 Å². The van der Waals surface area contributed by atoms with Crippen LogP contribution in [0, 0.1) is 0 Å². The number of ether oxygens (including phenoxy) is 1. The molecule has 0 atom stereocenters. The zero-order chi connectivity index (χ0) is 14.2. The van der Waals surface area contributed by atoms with Crippen LogP contribution in [0.5, 0.6) is 5.88 Å². The normalized spacial score (nSPS) is 10.6. The Labute approximate surface area is 124 Å². The van der Waals surface area contributed by atoms with E-state index < -0.39 is 0 Å². The number of rotatable bonds is 7. The van der Waals surface area contributed by atoms with E-state index in [0.717, 1.165) is 18.0 Å². The van der Waals surface area contributed by atoms with Gasteiger partial charge in [-0.2, -0.15) is 0 Å². The molecule has 1 N–H and O–H groups in total. The molecular formula is C16H20N2OS. The first-order valence-electron chi connectivity index (χ1n) is 6.79. The lowest BCUT2D eigenvalue weighted by Crippen LogP contribution is -2.11. The van der Waals surface area contributed by atoms with Gasteiger partial charge in [-0.15, -0.1) is 11.8 Å². The first-order chi connectivity index (χ1) is 9.75. The number of nitrogens with zero attached hydrogens (tertiary/aromatic N) is 1. The topological polar surface area (TPSA) is 34.1 Å². The molecule has 0 bridgehead atoms. The predicted molar refractivity (Wildman–Crippen MR) is 85.7 cm³/mol. The lowest BCUT2D eigenvalue weighted by atomic mass is 10.4. The molecule has 2 aromatic rings. The standard InChI is InChI=1S/C16H20N2OS/c1-13(2)19-16-15(9-6-10-18-16)17-11-12-20-14-7-4-3-5-8-14/h3-10,13,17H,11-12H2,1-2H3. The molecule has 0 radical (unpaired) electrons. The minimum atomic E-state index is 0.129. The fourth-order valence-electron chi connectivity index (χ4n) is 1.71. The Kier molecular flexibility index (Phi) is 5.74. The zero-order valence-corrected chi connectivity index (χ0v) is 12.7. The van der Waals surface area contributed by atoms with E-state index in [4.69, 9.17) is 4.74 Å². The quantitative estimate of drug-likeness (QED) is 0.615. The molecule has 0 saturated carbocycles. The average molecular weight is 288 g/mol. The number of thioether (sulfide) groups is 1. The summed E-state index contributed by atoms with van der Waals surface area (Å²) in [5, 5.41) is 3.38. The molecule has 0 aliphatic heterocycles. The first kappa shape index (κ1) is 14.7. The van der Waals surface area contributed by atoms with E-state index in [1.807, 2.05) is 43.8 Å². The molecule has 4 heteroatoms. The van der Waals surface area contributed by atoms with E-state index in [1.165, 1.54) is 4.90 Å². The van der Waals surface area contributed by atoms with Crippen LogP contribution in [0.3, 0.4) is 0 Å². The minimum absolute atomic E-state index is 0.129. The second-order valence-electron chi connectivity index (χ2n) is 4.61. The average Bonchev–Trinajstić information content (AvgIpc) is 2.46. The lowest BCUT2D eigenvalue weighted by molar-refractivity contribution is 0.234. The van der Waals surface area contributed by atoms with Gasteiger partial charge in [-0.25, -0.2) is 4.98 Å². The number of benzene rings is 1. The Morgan fingerprint density at radius 2 is 1.95 bits per heavy atom. The highest BCUT2D eigenvalue weighted by atomic mass is 32.2. The van der Waals surface area contributed by atoms with E-state index in [-0.39, 0.29) is 6.10 Å². The Balaban J connectivity index is 1.82. The maximum absolute atomic E-state index is 5.68. The molecule has 1 aromatic heterocycles. The molecule has 0 fully saturated rings. The Bertz CT molecular complexity index is 517. The van der Waals surface area contributed by atoms with E-state index in [0.29, 0.717) is 5.88 Å². The molecule has 1 heterocycles. The van der Waals surface area contributed by atoms with Gasteiger partial charge < -0.3 is 10.1 Å². The molecule has 0 aliphatic rings. The molecule has 0 amide bonds. The highest BCUT2D eigenvalue weighted by Crippen LogP contribution is 2.22. The Hall–Kier alpha value is -1.68. The van der Waals surface area contributed by atoms with Crippen LogP contribution in [-0.2, 0) is 0 Å². The summed E-state index contributed by atoms with van der Waals surface area (Å²) in [4.78, 5) is 5.56. The number of hydrogen-bond acceptors (Lipinski definition) is 4. The van der Waals surface area contributed by atoms with E-state index >= 15 is 0 Å². The lowest BCUT2D eigenvalue weighted by Gasteiger charge is -2.13. The maximum atomic E-state index is 5.68. The third-order valence-corrected chi connectivity index (χ3v) is 3.56. The number of aromatic nitrogens is 1. The van der Waals surface area contributed by atoms with Crippen molar-refractivity contribution in [1.29, 1.82) is 0 Å². The van der Waals surface area contributed by atoms with Crippen molar-refractivity contribution in [3.63, 3.8) is 0 Å². The summed E-state index contributed by atoms with van der Waals surface area (Å²) in [6.07, 6.45) is 1.88. The molecule has 0 spiro atoms. The van der Waals surface area contributed by atoms with Crippen molar-refractivity contribution in [3.05, 3.63) is 48.7 Å². The van der Waals surface area contributed by atoms with Crippen molar-refractivity contribution in [1.82, 2.24) is 4.98 Å². The fraction of sp³-hybridized carbons (Fsp3) is 0.312. The molecular weight excluding hydrogens is 268 g/mol. The number of pyridine rings is 1. The van der Waals surface area contributed by atoms with Crippen molar-refractivity contribution >= 4 is 17.4 Å². The number of nitrogens with one attached hydrogen (secondary N) is 1. The molecule has 0 unspecified atom stereocenters. The van der Waals surface area contributed by atoms with Crippen LogP contribution in [-0.4, -0.2) is 23.4 Å². The van der Waals surface area contributed by atoms with Crippen LogP contribution in [0.2, 0.25) is 0 Å². The van der Waals surface area contributed by atoms with Crippen molar-refractivity contribution < 1.29 is 4.74 Å². The molecule has 2 rings (SSSR count). The summed E-state index contributed by atoms with van der Waals surface area (Å²) in [6.45, 7) is 4.88. The van der Waals surface area contributed by atoms with Gasteiger partial charge in [-0.3, -0.25) is 0 Å². The molecule has 106 valence electrons. The van der Waals surface area contributed by atoms with Crippen LogP contribution in [0.4, 0.5) is 5.69 Å². The van der Waals surface area contributed by atoms with Crippen LogP contribution in [0.25, 0.3) is 0 Å². The second kappa shape index (κ2) is 7.80. The first-order valence-corrected chi connectivity index (χ1v) is 7.77. The third-order valence-electron chi connectivity index (χ3n) is 2.55. The van der Waals surface area contributed by atoms with Gasteiger partial charge in [0.2, 0.25) is 5.88 Å². The van der Waals surface area contributed by atoms with E-state index in [2.05, 4.69) is 34.6 Å². The van der Waals surface area contributed by atoms with Crippen LogP contribution >= 0.6 is 11.8 Å². The highest BCUT2D eigenvalue weighted by molar-refractivity contribution is 7.99. The fourth-order valence-corrected chi connectivity index (χ4v) is 2.50. The summed E-state index contributed by atoms with van der Waals surface area (Å²) < 4.78 is 5.68. The second-order valence-corrected chi connectivity index (χ2v) is 5.78. The Morgan fingerprint density at radius 1 is 1.15 bits per heavy atom. The molecule has 3 nitrogen and oxygen atoms in total.